The van der Waals surface area contributed by atoms with Crippen molar-refractivity contribution in [3.63, 3.8) is 0 Å². The van der Waals surface area contributed by atoms with Crippen molar-refractivity contribution in [3.05, 3.63) is 35.4 Å². The van der Waals surface area contributed by atoms with Gasteiger partial charge in [0.15, 0.2) is 0 Å². The first-order valence-electron chi connectivity index (χ1n) is 5.95. The second kappa shape index (κ2) is 3.86. The molecule has 0 bridgehead atoms. The Labute approximate surface area is 97.5 Å². The summed E-state index contributed by atoms with van der Waals surface area (Å²) < 4.78 is 0. The van der Waals surface area contributed by atoms with Gasteiger partial charge in [-0.2, -0.15) is 0 Å². The summed E-state index contributed by atoms with van der Waals surface area (Å²) in [5.41, 5.74) is 8.52. The van der Waals surface area contributed by atoms with E-state index in [0.29, 0.717) is 0 Å². The van der Waals surface area contributed by atoms with Gasteiger partial charge in [0.25, 0.3) is 0 Å². The third-order valence-electron chi connectivity index (χ3n) is 3.39. The van der Waals surface area contributed by atoms with E-state index >= 15 is 0 Å². The lowest BCUT2D eigenvalue weighted by atomic mass is 9.86. The average Bonchev–Trinajstić information content (AvgIpc) is 2.97. The van der Waals surface area contributed by atoms with Crippen molar-refractivity contribution in [1.29, 1.82) is 0 Å². The van der Waals surface area contributed by atoms with Gasteiger partial charge in [-0.05, 0) is 44.2 Å². The molecule has 2 nitrogen and oxygen atoms in total. The fraction of sp³-hybridized carbons (Fsp3) is 0.571. The largest absolute Gasteiger partial charge is 0.395 e. The molecule has 16 heavy (non-hydrogen) atoms. The van der Waals surface area contributed by atoms with E-state index in [1.165, 1.54) is 11.1 Å². The quantitative estimate of drug-likeness (QED) is 0.813. The molecule has 0 amide bonds. The molecule has 1 aliphatic rings. The minimum atomic E-state index is -0.193. The van der Waals surface area contributed by atoms with Crippen molar-refractivity contribution in [2.75, 3.05) is 6.61 Å². The second-order valence-corrected chi connectivity index (χ2v) is 5.76. The van der Waals surface area contributed by atoms with Crippen LogP contribution in [-0.4, -0.2) is 17.3 Å². The van der Waals surface area contributed by atoms with Crippen LogP contribution in [0.4, 0.5) is 0 Å². The predicted molar refractivity (Wildman–Crippen MR) is 66.4 cm³/mol. The van der Waals surface area contributed by atoms with Crippen molar-refractivity contribution in [3.8, 4) is 0 Å². The zero-order valence-corrected chi connectivity index (χ0v) is 10.2. The molecule has 3 N–H and O–H groups in total. The Morgan fingerprint density at radius 3 is 2.44 bits per heavy atom. The van der Waals surface area contributed by atoms with Crippen LogP contribution < -0.4 is 5.73 Å². The molecule has 0 aliphatic heterocycles. The summed E-state index contributed by atoms with van der Waals surface area (Å²) in [5, 5.41) is 9.50. The molecule has 0 unspecified atom stereocenters. The molecule has 2 rings (SSSR count). The van der Waals surface area contributed by atoms with Crippen molar-refractivity contribution in [2.45, 2.75) is 44.1 Å². The number of benzene rings is 1. The molecular formula is C14H21NO. The monoisotopic (exact) mass is 219 g/mol. The second-order valence-electron chi connectivity index (χ2n) is 5.76. The first-order valence-corrected chi connectivity index (χ1v) is 5.95. The van der Waals surface area contributed by atoms with E-state index in [1.807, 2.05) is 13.8 Å². The molecule has 1 aromatic rings. The topological polar surface area (TPSA) is 46.2 Å². The molecule has 0 atom stereocenters. The summed E-state index contributed by atoms with van der Waals surface area (Å²) >= 11 is 0. The first kappa shape index (κ1) is 11.6. The fourth-order valence-electron chi connectivity index (χ4n) is 2.35. The van der Waals surface area contributed by atoms with Gasteiger partial charge in [0, 0.05) is 11.0 Å². The van der Waals surface area contributed by atoms with Gasteiger partial charge in [-0.15, -0.1) is 0 Å². The Balaban J connectivity index is 2.32. The minimum absolute atomic E-state index is 0.0435. The van der Waals surface area contributed by atoms with Gasteiger partial charge in [0.05, 0.1) is 6.61 Å². The number of aliphatic hydroxyl groups excluding tert-OH is 1. The van der Waals surface area contributed by atoms with Gasteiger partial charge >= 0.3 is 0 Å². The normalized spacial score (nSPS) is 18.5. The molecule has 0 spiro atoms. The van der Waals surface area contributed by atoms with E-state index in [-0.39, 0.29) is 17.6 Å². The van der Waals surface area contributed by atoms with Crippen LogP contribution in [0.25, 0.3) is 0 Å². The van der Waals surface area contributed by atoms with Gasteiger partial charge in [0.1, 0.15) is 0 Å². The Morgan fingerprint density at radius 2 is 1.94 bits per heavy atom. The Morgan fingerprint density at radius 1 is 1.31 bits per heavy atom. The molecule has 0 saturated heterocycles. The SMILES string of the molecule is CC(C)(N)Cc1ccccc1C1(CO)CC1. The van der Waals surface area contributed by atoms with Gasteiger partial charge < -0.3 is 10.8 Å². The lowest BCUT2D eigenvalue weighted by Gasteiger charge is -2.23. The van der Waals surface area contributed by atoms with Crippen molar-refractivity contribution >= 4 is 0 Å². The summed E-state index contributed by atoms with van der Waals surface area (Å²) in [6.45, 7) is 4.35. The number of hydrogen-bond donors (Lipinski definition) is 2. The van der Waals surface area contributed by atoms with Gasteiger partial charge in [0.2, 0.25) is 0 Å². The molecule has 1 aromatic carbocycles. The number of nitrogens with two attached hydrogens (primary N) is 1. The average molecular weight is 219 g/mol. The molecule has 0 heterocycles. The van der Waals surface area contributed by atoms with E-state index in [0.717, 1.165) is 19.3 Å². The zero-order valence-electron chi connectivity index (χ0n) is 10.2. The van der Waals surface area contributed by atoms with Crippen molar-refractivity contribution < 1.29 is 5.11 Å². The third-order valence-corrected chi connectivity index (χ3v) is 3.39. The molecule has 1 saturated carbocycles. The summed E-state index contributed by atoms with van der Waals surface area (Å²) in [4.78, 5) is 0. The Kier molecular flexibility index (Phi) is 2.81. The summed E-state index contributed by atoms with van der Waals surface area (Å²) in [6, 6.07) is 8.39. The van der Waals surface area contributed by atoms with Crippen molar-refractivity contribution in [1.82, 2.24) is 0 Å². The van der Waals surface area contributed by atoms with Crippen LogP contribution in [0.15, 0.2) is 24.3 Å². The smallest absolute Gasteiger partial charge is 0.0528 e. The molecule has 2 heteroatoms. The molecular weight excluding hydrogens is 198 g/mol. The maximum Gasteiger partial charge on any atom is 0.0528 e. The zero-order chi connectivity index (χ0) is 11.8. The first-order chi connectivity index (χ1) is 7.47. The number of aliphatic hydroxyl groups is 1. The van der Waals surface area contributed by atoms with Crippen LogP contribution in [-0.2, 0) is 11.8 Å². The maximum atomic E-state index is 9.50. The predicted octanol–water partition coefficient (Wildman–Crippen LogP) is 1.99. The van der Waals surface area contributed by atoms with Gasteiger partial charge in [-0.3, -0.25) is 0 Å². The number of hydrogen-bond acceptors (Lipinski definition) is 2. The molecule has 1 aliphatic carbocycles. The van der Waals surface area contributed by atoms with Crippen LogP contribution >= 0.6 is 0 Å². The highest BCUT2D eigenvalue weighted by atomic mass is 16.3. The van der Waals surface area contributed by atoms with Crippen LogP contribution in [0.2, 0.25) is 0 Å². The van der Waals surface area contributed by atoms with Gasteiger partial charge in [-0.25, -0.2) is 0 Å². The summed E-state index contributed by atoms with van der Waals surface area (Å²) in [6.07, 6.45) is 3.07. The van der Waals surface area contributed by atoms with Crippen LogP contribution in [0, 0.1) is 0 Å². The number of rotatable bonds is 4. The van der Waals surface area contributed by atoms with E-state index in [2.05, 4.69) is 24.3 Å². The summed E-state index contributed by atoms with van der Waals surface area (Å²) in [7, 11) is 0. The maximum absolute atomic E-state index is 9.50. The highest BCUT2D eigenvalue weighted by Gasteiger charge is 2.44. The van der Waals surface area contributed by atoms with Gasteiger partial charge in [-0.1, -0.05) is 24.3 Å². The highest BCUT2D eigenvalue weighted by Crippen LogP contribution is 2.49. The Bertz CT molecular complexity index is 375. The lowest BCUT2D eigenvalue weighted by molar-refractivity contribution is 0.254. The highest BCUT2D eigenvalue weighted by molar-refractivity contribution is 5.39. The van der Waals surface area contributed by atoms with Crippen LogP contribution in [0.1, 0.15) is 37.8 Å². The van der Waals surface area contributed by atoms with E-state index < -0.39 is 0 Å². The van der Waals surface area contributed by atoms with Crippen molar-refractivity contribution in [2.24, 2.45) is 5.73 Å². The molecule has 88 valence electrons. The fourth-order valence-corrected chi connectivity index (χ4v) is 2.35. The standard InChI is InChI=1S/C14H21NO/c1-13(2,15)9-11-5-3-4-6-12(11)14(10-16)7-8-14/h3-6,16H,7-10,15H2,1-2H3. The summed E-state index contributed by atoms with van der Waals surface area (Å²) in [5.74, 6) is 0. The van der Waals surface area contributed by atoms with E-state index in [1.54, 1.807) is 0 Å². The van der Waals surface area contributed by atoms with Crippen LogP contribution in [0.3, 0.4) is 0 Å². The molecule has 0 radical (unpaired) electrons. The minimum Gasteiger partial charge on any atom is -0.395 e. The van der Waals surface area contributed by atoms with E-state index in [9.17, 15) is 5.11 Å². The Hall–Kier alpha value is -0.860. The lowest BCUT2D eigenvalue weighted by Crippen LogP contribution is -2.35. The van der Waals surface area contributed by atoms with Crippen LogP contribution in [0.5, 0.6) is 0 Å². The third kappa shape index (κ3) is 2.28. The van der Waals surface area contributed by atoms with E-state index in [4.69, 9.17) is 5.73 Å². The molecule has 0 aromatic heterocycles. The molecule has 1 fully saturated rings.